The second kappa shape index (κ2) is 5.80. The van der Waals surface area contributed by atoms with E-state index in [4.69, 9.17) is 4.18 Å². The van der Waals surface area contributed by atoms with E-state index in [2.05, 4.69) is 22.5 Å². The van der Waals surface area contributed by atoms with Crippen LogP contribution < -0.4 is 0 Å². The first kappa shape index (κ1) is 14.4. The van der Waals surface area contributed by atoms with Gasteiger partial charge in [-0.1, -0.05) is 35.0 Å². The van der Waals surface area contributed by atoms with Crippen LogP contribution in [0, 0.1) is 5.92 Å². The second-order valence-electron chi connectivity index (χ2n) is 3.94. The highest BCUT2D eigenvalue weighted by Crippen LogP contribution is 2.18. The molecule has 5 heteroatoms. The molecule has 0 amide bonds. The van der Waals surface area contributed by atoms with Gasteiger partial charge in [0.15, 0.2) is 0 Å². The van der Waals surface area contributed by atoms with Crippen molar-refractivity contribution in [3.05, 3.63) is 40.9 Å². The first-order valence-corrected chi connectivity index (χ1v) is 7.33. The highest BCUT2D eigenvalue weighted by Gasteiger charge is 2.16. The molecular formula is C12H15BrO3S. The molecule has 0 bridgehead atoms. The van der Waals surface area contributed by atoms with Crippen LogP contribution in [0.25, 0.3) is 0 Å². The molecule has 0 saturated heterocycles. The summed E-state index contributed by atoms with van der Waals surface area (Å²) in [6.45, 7) is 7.60. The molecule has 3 nitrogen and oxygen atoms in total. The fraction of sp³-hybridized carbons (Fsp3) is 0.333. The van der Waals surface area contributed by atoms with Crippen LogP contribution in [-0.2, 0) is 14.3 Å². The normalized spacial score (nSPS) is 13.4. The van der Waals surface area contributed by atoms with Crippen molar-refractivity contribution in [2.45, 2.75) is 18.7 Å². The maximum Gasteiger partial charge on any atom is 0.296 e. The minimum absolute atomic E-state index is 0.0141. The minimum Gasteiger partial charge on any atom is -0.266 e. The molecule has 0 aromatic heterocycles. The smallest absolute Gasteiger partial charge is 0.266 e. The quantitative estimate of drug-likeness (QED) is 0.617. The van der Waals surface area contributed by atoms with E-state index in [1.54, 1.807) is 12.1 Å². The first-order chi connectivity index (χ1) is 7.83. The third kappa shape index (κ3) is 4.26. The Hall–Kier alpha value is -0.650. The lowest BCUT2D eigenvalue weighted by molar-refractivity contribution is 0.283. The summed E-state index contributed by atoms with van der Waals surface area (Å²) in [6, 6.07) is 6.34. The van der Waals surface area contributed by atoms with Gasteiger partial charge >= 0.3 is 0 Å². The van der Waals surface area contributed by atoms with Gasteiger partial charge in [-0.25, -0.2) is 0 Å². The number of benzene rings is 1. The third-order valence-electron chi connectivity index (χ3n) is 2.42. The summed E-state index contributed by atoms with van der Waals surface area (Å²) in [4.78, 5) is 0.162. The number of rotatable bonds is 5. The summed E-state index contributed by atoms with van der Waals surface area (Å²) in [6.07, 6.45) is 0. The van der Waals surface area contributed by atoms with Crippen LogP contribution in [0.5, 0.6) is 0 Å². The predicted octanol–water partition coefficient (Wildman–Crippen LogP) is 3.37. The van der Waals surface area contributed by atoms with E-state index >= 15 is 0 Å². The van der Waals surface area contributed by atoms with Gasteiger partial charge in [0.05, 0.1) is 11.5 Å². The SMILES string of the molecule is C=C(C)[C@H](C)COS(=O)(=O)c1ccc(Br)cc1. The Morgan fingerprint density at radius 2 is 1.94 bits per heavy atom. The Morgan fingerprint density at radius 1 is 1.41 bits per heavy atom. The second-order valence-corrected chi connectivity index (χ2v) is 6.47. The molecule has 0 spiro atoms. The minimum atomic E-state index is -3.67. The molecule has 0 fully saturated rings. The fourth-order valence-corrected chi connectivity index (χ4v) is 2.26. The summed E-state index contributed by atoms with van der Waals surface area (Å²) in [5, 5.41) is 0. The Labute approximate surface area is 111 Å². The molecule has 0 N–H and O–H groups in total. The number of hydrogen-bond donors (Lipinski definition) is 0. The van der Waals surface area contributed by atoms with E-state index in [0.717, 1.165) is 10.0 Å². The standard InChI is InChI=1S/C12H15BrO3S/c1-9(2)10(3)8-16-17(14,15)12-6-4-11(13)5-7-12/h4-7,10H,1,8H2,2-3H3/t10-/m1/s1. The number of halogens is 1. The van der Waals surface area contributed by atoms with Gasteiger partial charge in [0.2, 0.25) is 0 Å². The predicted molar refractivity (Wildman–Crippen MR) is 71.3 cm³/mol. The lowest BCUT2D eigenvalue weighted by Crippen LogP contribution is -2.13. The van der Waals surface area contributed by atoms with Crippen LogP contribution in [0.15, 0.2) is 45.8 Å². The monoisotopic (exact) mass is 318 g/mol. The van der Waals surface area contributed by atoms with E-state index in [1.165, 1.54) is 12.1 Å². The molecule has 1 aromatic rings. The summed E-state index contributed by atoms with van der Waals surface area (Å²) in [5.41, 5.74) is 0.899. The van der Waals surface area contributed by atoms with Crippen LogP contribution >= 0.6 is 15.9 Å². The van der Waals surface area contributed by atoms with Crippen molar-refractivity contribution < 1.29 is 12.6 Å². The van der Waals surface area contributed by atoms with Crippen molar-refractivity contribution in [3.63, 3.8) is 0 Å². The maximum atomic E-state index is 11.8. The van der Waals surface area contributed by atoms with Crippen LogP contribution in [-0.4, -0.2) is 15.0 Å². The van der Waals surface area contributed by atoms with Gasteiger partial charge in [-0.2, -0.15) is 8.42 Å². The molecule has 0 radical (unpaired) electrons. The van der Waals surface area contributed by atoms with E-state index in [-0.39, 0.29) is 17.4 Å². The Kier molecular flexibility index (Phi) is 4.91. The highest BCUT2D eigenvalue weighted by molar-refractivity contribution is 9.10. The van der Waals surface area contributed by atoms with E-state index in [1.807, 2.05) is 13.8 Å². The zero-order chi connectivity index (χ0) is 13.1. The maximum absolute atomic E-state index is 11.8. The summed E-state index contributed by atoms with van der Waals surface area (Å²) in [5.74, 6) is 0.0141. The molecular weight excluding hydrogens is 304 g/mol. The topological polar surface area (TPSA) is 43.4 Å². The molecule has 94 valence electrons. The van der Waals surface area contributed by atoms with Gasteiger partial charge in [-0.15, -0.1) is 0 Å². The van der Waals surface area contributed by atoms with Crippen molar-refractivity contribution >= 4 is 26.0 Å². The van der Waals surface area contributed by atoms with E-state index < -0.39 is 10.1 Å². The van der Waals surface area contributed by atoms with Gasteiger partial charge in [0.25, 0.3) is 10.1 Å². The van der Waals surface area contributed by atoms with Crippen LogP contribution in [0.1, 0.15) is 13.8 Å². The molecule has 0 unspecified atom stereocenters. The lowest BCUT2D eigenvalue weighted by Gasteiger charge is -2.11. The zero-order valence-electron chi connectivity index (χ0n) is 9.81. The Balaban J connectivity index is 2.76. The molecule has 0 aliphatic carbocycles. The average Bonchev–Trinajstić information content (AvgIpc) is 2.26. The molecule has 1 aromatic carbocycles. The highest BCUT2D eigenvalue weighted by atomic mass is 79.9. The molecule has 1 rings (SSSR count). The first-order valence-electron chi connectivity index (χ1n) is 5.13. The van der Waals surface area contributed by atoms with Gasteiger partial charge in [-0.3, -0.25) is 4.18 Å². The fourth-order valence-electron chi connectivity index (χ4n) is 1.00. The molecule has 17 heavy (non-hydrogen) atoms. The van der Waals surface area contributed by atoms with Gasteiger partial charge in [0.1, 0.15) is 0 Å². The zero-order valence-corrected chi connectivity index (χ0v) is 12.2. The van der Waals surface area contributed by atoms with Crippen molar-refractivity contribution in [1.82, 2.24) is 0 Å². The van der Waals surface area contributed by atoms with Crippen LogP contribution in [0.3, 0.4) is 0 Å². The van der Waals surface area contributed by atoms with Crippen molar-refractivity contribution in [2.24, 2.45) is 5.92 Å². The van der Waals surface area contributed by atoms with Gasteiger partial charge < -0.3 is 0 Å². The van der Waals surface area contributed by atoms with Gasteiger partial charge in [-0.05, 0) is 31.2 Å². The number of hydrogen-bond acceptors (Lipinski definition) is 3. The van der Waals surface area contributed by atoms with Crippen LogP contribution in [0.2, 0.25) is 0 Å². The molecule has 0 aliphatic rings. The van der Waals surface area contributed by atoms with E-state index in [0.29, 0.717) is 0 Å². The van der Waals surface area contributed by atoms with Crippen molar-refractivity contribution in [2.75, 3.05) is 6.61 Å². The molecule has 0 saturated carbocycles. The summed E-state index contributed by atoms with van der Waals surface area (Å²) < 4.78 is 29.4. The van der Waals surface area contributed by atoms with Crippen molar-refractivity contribution in [1.29, 1.82) is 0 Å². The summed E-state index contributed by atoms with van der Waals surface area (Å²) in [7, 11) is -3.67. The largest absolute Gasteiger partial charge is 0.296 e. The third-order valence-corrected chi connectivity index (χ3v) is 4.24. The lowest BCUT2D eigenvalue weighted by atomic mass is 10.1. The Morgan fingerprint density at radius 3 is 2.41 bits per heavy atom. The van der Waals surface area contributed by atoms with Gasteiger partial charge in [0, 0.05) is 10.4 Å². The van der Waals surface area contributed by atoms with Crippen LogP contribution in [0.4, 0.5) is 0 Å². The van der Waals surface area contributed by atoms with Crippen molar-refractivity contribution in [3.8, 4) is 0 Å². The Bertz CT molecular complexity index is 491. The molecule has 0 aliphatic heterocycles. The molecule has 0 heterocycles. The average molecular weight is 319 g/mol. The summed E-state index contributed by atoms with van der Waals surface area (Å²) >= 11 is 3.25. The van der Waals surface area contributed by atoms with E-state index in [9.17, 15) is 8.42 Å². The molecule has 1 atom stereocenters.